The van der Waals surface area contributed by atoms with Gasteiger partial charge >= 0.3 is 6.09 Å². The molecule has 0 unspecified atom stereocenters. The molecule has 0 aliphatic heterocycles. The van der Waals surface area contributed by atoms with E-state index in [9.17, 15) is 9.59 Å². The van der Waals surface area contributed by atoms with E-state index in [4.69, 9.17) is 4.74 Å². The van der Waals surface area contributed by atoms with Gasteiger partial charge in [0.05, 0.1) is 0 Å². The number of carbonyl (C=O) groups excluding carboxylic acids is 2. The Hall–Kier alpha value is -2.56. The molecule has 23 heavy (non-hydrogen) atoms. The lowest BCUT2D eigenvalue weighted by Gasteiger charge is -2.21. The van der Waals surface area contributed by atoms with Crippen LogP contribution in [0.3, 0.4) is 0 Å². The van der Waals surface area contributed by atoms with E-state index in [0.717, 1.165) is 0 Å². The summed E-state index contributed by atoms with van der Waals surface area (Å²) in [5.74, 6) is -0.155. The van der Waals surface area contributed by atoms with Gasteiger partial charge in [0.2, 0.25) is 0 Å². The molecule has 0 heterocycles. The summed E-state index contributed by atoms with van der Waals surface area (Å²) < 4.78 is 5.19. The average molecular weight is 316 g/mol. The molecular weight excluding hydrogens is 292 g/mol. The van der Waals surface area contributed by atoms with Crippen LogP contribution in [-0.4, -0.2) is 35.6 Å². The van der Waals surface area contributed by atoms with E-state index in [1.165, 1.54) is 0 Å². The van der Waals surface area contributed by atoms with Crippen molar-refractivity contribution in [1.29, 1.82) is 0 Å². The maximum Gasteiger partial charge on any atom is 0.412 e. The molecule has 1 aromatic carbocycles. The topological polar surface area (TPSA) is 58.6 Å². The minimum Gasteiger partial charge on any atom is -0.444 e. The van der Waals surface area contributed by atoms with Gasteiger partial charge < -0.3 is 9.64 Å². The predicted molar refractivity (Wildman–Crippen MR) is 92.6 cm³/mol. The molecule has 0 aromatic heterocycles. The second kappa shape index (κ2) is 8.17. The first-order chi connectivity index (χ1) is 10.8. The quantitative estimate of drug-likeness (QED) is 0.811. The molecule has 1 aromatic rings. The first kappa shape index (κ1) is 18.5. The summed E-state index contributed by atoms with van der Waals surface area (Å²) in [6.07, 6.45) is 2.75. The van der Waals surface area contributed by atoms with Gasteiger partial charge in [0.15, 0.2) is 0 Å². The Kier molecular flexibility index (Phi) is 6.57. The zero-order chi connectivity index (χ0) is 17.5. The molecule has 0 radical (unpaired) electrons. The highest BCUT2D eigenvalue weighted by atomic mass is 16.6. The molecule has 1 rings (SSSR count). The van der Waals surface area contributed by atoms with Gasteiger partial charge in [-0.15, -0.1) is 13.2 Å². The van der Waals surface area contributed by atoms with Gasteiger partial charge in [0, 0.05) is 24.3 Å². The van der Waals surface area contributed by atoms with Crippen molar-refractivity contribution < 1.29 is 14.3 Å². The lowest BCUT2D eigenvalue weighted by atomic mass is 10.1. The number of nitrogens with one attached hydrogen (secondary N) is 1. The van der Waals surface area contributed by atoms with Crippen molar-refractivity contribution in [2.75, 3.05) is 18.4 Å². The van der Waals surface area contributed by atoms with Crippen LogP contribution in [0.25, 0.3) is 0 Å². The molecule has 1 N–H and O–H groups in total. The van der Waals surface area contributed by atoms with Gasteiger partial charge in [-0.25, -0.2) is 4.79 Å². The third kappa shape index (κ3) is 6.38. The van der Waals surface area contributed by atoms with Crippen LogP contribution in [0.4, 0.5) is 10.5 Å². The van der Waals surface area contributed by atoms with Crippen LogP contribution in [0.15, 0.2) is 49.6 Å². The van der Waals surface area contributed by atoms with Crippen molar-refractivity contribution in [1.82, 2.24) is 4.90 Å². The maximum atomic E-state index is 12.5. The molecule has 0 aliphatic carbocycles. The van der Waals surface area contributed by atoms with Crippen LogP contribution in [0.5, 0.6) is 0 Å². The zero-order valence-electron chi connectivity index (χ0n) is 14.0. The van der Waals surface area contributed by atoms with Crippen LogP contribution in [0.2, 0.25) is 0 Å². The highest BCUT2D eigenvalue weighted by Gasteiger charge is 2.17. The Bertz CT molecular complexity index is 578. The molecule has 5 nitrogen and oxygen atoms in total. The number of rotatable bonds is 6. The van der Waals surface area contributed by atoms with Crippen LogP contribution in [0.1, 0.15) is 31.1 Å². The Morgan fingerprint density at radius 1 is 1.22 bits per heavy atom. The Balaban J connectivity index is 2.87. The summed E-state index contributed by atoms with van der Waals surface area (Å²) >= 11 is 0. The smallest absolute Gasteiger partial charge is 0.412 e. The lowest BCUT2D eigenvalue weighted by Crippen LogP contribution is -2.31. The molecule has 0 saturated heterocycles. The molecular formula is C18H24N2O3. The van der Waals surface area contributed by atoms with Crippen molar-refractivity contribution in [2.45, 2.75) is 26.4 Å². The van der Waals surface area contributed by atoms with Gasteiger partial charge in [-0.2, -0.15) is 0 Å². The Morgan fingerprint density at radius 3 is 2.35 bits per heavy atom. The fourth-order valence-corrected chi connectivity index (χ4v) is 1.89. The molecule has 0 fully saturated rings. The summed E-state index contributed by atoms with van der Waals surface area (Å²) in [6, 6.07) is 6.72. The second-order valence-corrected chi connectivity index (χ2v) is 6.00. The largest absolute Gasteiger partial charge is 0.444 e. The van der Waals surface area contributed by atoms with Crippen molar-refractivity contribution in [3.05, 3.63) is 55.1 Å². The first-order valence-corrected chi connectivity index (χ1v) is 7.38. The monoisotopic (exact) mass is 316 g/mol. The van der Waals surface area contributed by atoms with Gasteiger partial charge in [-0.1, -0.05) is 18.2 Å². The predicted octanol–water partition coefficient (Wildman–Crippen LogP) is 3.85. The van der Waals surface area contributed by atoms with Crippen molar-refractivity contribution in [3.63, 3.8) is 0 Å². The third-order valence-electron chi connectivity index (χ3n) is 2.74. The number of carbonyl (C=O) groups is 2. The van der Waals surface area contributed by atoms with Crippen LogP contribution in [-0.2, 0) is 4.74 Å². The maximum absolute atomic E-state index is 12.5. The molecule has 0 saturated carbocycles. The van der Waals surface area contributed by atoms with Gasteiger partial charge in [-0.05, 0) is 39.0 Å². The zero-order valence-corrected chi connectivity index (χ0v) is 14.0. The Morgan fingerprint density at radius 2 is 1.83 bits per heavy atom. The average Bonchev–Trinajstić information content (AvgIpc) is 2.44. The number of ether oxygens (including phenoxy) is 1. The summed E-state index contributed by atoms with van der Waals surface area (Å²) in [7, 11) is 0. The summed E-state index contributed by atoms with van der Waals surface area (Å²) in [4.78, 5) is 25.9. The van der Waals surface area contributed by atoms with E-state index in [0.29, 0.717) is 24.3 Å². The minimum atomic E-state index is -0.581. The van der Waals surface area contributed by atoms with Crippen molar-refractivity contribution >= 4 is 17.7 Å². The fourth-order valence-electron chi connectivity index (χ4n) is 1.89. The van der Waals surface area contributed by atoms with Crippen molar-refractivity contribution in [2.24, 2.45) is 0 Å². The van der Waals surface area contributed by atoms with E-state index in [-0.39, 0.29) is 5.91 Å². The molecule has 0 aliphatic rings. The highest BCUT2D eigenvalue weighted by Crippen LogP contribution is 2.15. The van der Waals surface area contributed by atoms with Gasteiger partial charge in [-0.3, -0.25) is 10.1 Å². The summed E-state index contributed by atoms with van der Waals surface area (Å²) in [5, 5.41) is 2.62. The number of hydrogen-bond acceptors (Lipinski definition) is 3. The summed E-state index contributed by atoms with van der Waals surface area (Å²) in [5.41, 5.74) is 0.395. The van der Waals surface area contributed by atoms with E-state index in [2.05, 4.69) is 18.5 Å². The molecule has 0 bridgehead atoms. The molecule has 124 valence electrons. The van der Waals surface area contributed by atoms with Gasteiger partial charge in [0.25, 0.3) is 5.91 Å². The van der Waals surface area contributed by atoms with E-state index < -0.39 is 11.7 Å². The van der Waals surface area contributed by atoms with E-state index in [1.807, 2.05) is 0 Å². The van der Waals surface area contributed by atoms with Crippen LogP contribution >= 0.6 is 0 Å². The minimum absolute atomic E-state index is 0.155. The van der Waals surface area contributed by atoms with Crippen LogP contribution in [0, 0.1) is 0 Å². The van der Waals surface area contributed by atoms with Crippen LogP contribution < -0.4 is 5.32 Å². The lowest BCUT2D eigenvalue weighted by molar-refractivity contribution is 0.0635. The summed E-state index contributed by atoms with van der Waals surface area (Å²) in [6.45, 7) is 13.5. The number of anilines is 1. The van der Waals surface area contributed by atoms with Gasteiger partial charge in [0.1, 0.15) is 5.60 Å². The first-order valence-electron chi connectivity index (χ1n) is 7.38. The third-order valence-corrected chi connectivity index (χ3v) is 2.74. The van der Waals surface area contributed by atoms with E-state index in [1.54, 1.807) is 62.1 Å². The standard InChI is InChI=1S/C18H24N2O3/c1-6-11-20(12-7-2)16(21)14-9-8-10-15(13-14)19-17(22)23-18(3,4)5/h6-10,13H,1-2,11-12H2,3-5H3,(H,19,22). The normalized spacial score (nSPS) is 10.6. The molecule has 0 atom stereocenters. The number of hydrogen-bond donors (Lipinski definition) is 1. The highest BCUT2D eigenvalue weighted by molar-refractivity contribution is 5.96. The molecule has 5 heteroatoms. The SMILES string of the molecule is C=CCN(CC=C)C(=O)c1cccc(NC(=O)OC(C)(C)C)c1. The van der Waals surface area contributed by atoms with E-state index >= 15 is 0 Å². The number of benzene rings is 1. The second-order valence-electron chi connectivity index (χ2n) is 6.00. The van der Waals surface area contributed by atoms with Crippen molar-refractivity contribution in [3.8, 4) is 0 Å². The number of amides is 2. The molecule has 0 spiro atoms. The fraction of sp³-hybridized carbons (Fsp3) is 0.333. The molecule has 2 amide bonds. The number of nitrogens with zero attached hydrogens (tertiary/aromatic N) is 1. The Labute approximate surface area is 137 Å².